The zero-order valence-electron chi connectivity index (χ0n) is 24.7. The van der Waals surface area contributed by atoms with E-state index in [4.69, 9.17) is 53.3 Å². The molecule has 1 unspecified atom stereocenters. The van der Waals surface area contributed by atoms with E-state index in [0.29, 0.717) is 0 Å². The minimum Gasteiger partial charge on any atom is -0.464 e. The number of imidazole rings is 1. The molecule has 5 atom stereocenters. The summed E-state index contributed by atoms with van der Waals surface area (Å²) in [6.45, 7) is 3.57. The van der Waals surface area contributed by atoms with Crippen molar-refractivity contribution < 1.29 is 38.1 Å². The minimum absolute atomic E-state index is 0.0244. The summed E-state index contributed by atoms with van der Waals surface area (Å²) >= 11 is 13.6. The van der Waals surface area contributed by atoms with E-state index in [1.165, 1.54) is 22.2 Å². The van der Waals surface area contributed by atoms with Crippen LogP contribution in [0, 0.1) is 12.3 Å². The molecule has 1 saturated heterocycles. The Bertz CT molecular complexity index is 1780. The van der Waals surface area contributed by atoms with Crippen molar-refractivity contribution in [2.45, 2.75) is 56.8 Å². The van der Waals surface area contributed by atoms with Crippen molar-refractivity contribution in [2.75, 3.05) is 13.2 Å². The van der Waals surface area contributed by atoms with Crippen LogP contribution in [-0.2, 0) is 50.1 Å². The van der Waals surface area contributed by atoms with Gasteiger partial charge in [0.2, 0.25) is 22.6 Å². The van der Waals surface area contributed by atoms with Crippen molar-refractivity contribution in [1.82, 2.24) is 24.5 Å². The molecule has 1 aliphatic heterocycles. The van der Waals surface area contributed by atoms with E-state index in [1.54, 1.807) is 17.8 Å². The first kappa shape index (κ1) is 33.2. The predicted molar refractivity (Wildman–Crippen MR) is 165 cm³/mol. The lowest BCUT2D eigenvalue weighted by atomic mass is 9.89. The molecule has 0 aliphatic carbocycles. The van der Waals surface area contributed by atoms with E-state index in [0.717, 1.165) is 19.4 Å². The molecule has 16 heteroatoms. The molecular formula is C30H27Cl2N5O8S. The number of fused-ring (bicyclic) bond motifs is 1. The van der Waals surface area contributed by atoms with Crippen LogP contribution in [0.4, 0.5) is 0 Å². The van der Waals surface area contributed by atoms with Gasteiger partial charge in [-0.2, -0.15) is 4.98 Å². The molecule has 3 aromatic heterocycles. The van der Waals surface area contributed by atoms with Gasteiger partial charge in [0, 0.05) is 25.6 Å². The van der Waals surface area contributed by atoms with Gasteiger partial charge >= 0.3 is 17.9 Å². The number of halogens is 2. The number of aromatic nitrogens is 5. The van der Waals surface area contributed by atoms with Crippen molar-refractivity contribution in [1.29, 1.82) is 0 Å². The number of hydrogen-bond acceptors (Lipinski definition) is 13. The molecule has 0 bridgehead atoms. The van der Waals surface area contributed by atoms with Gasteiger partial charge in [0.05, 0.1) is 30.7 Å². The molecule has 1 fully saturated rings. The largest absolute Gasteiger partial charge is 0.464 e. The topological polar surface area (TPSA) is 154 Å². The highest BCUT2D eigenvalue weighted by Gasteiger charge is 2.63. The summed E-state index contributed by atoms with van der Waals surface area (Å²) in [4.78, 5) is 55.5. The van der Waals surface area contributed by atoms with Gasteiger partial charge in [-0.1, -0.05) is 47.9 Å². The van der Waals surface area contributed by atoms with E-state index in [9.17, 15) is 14.4 Å². The molecule has 4 heterocycles. The number of esters is 3. The quantitative estimate of drug-likeness (QED) is 0.0734. The summed E-state index contributed by atoms with van der Waals surface area (Å²) in [6.07, 6.45) is 3.33. The third-order valence-electron chi connectivity index (χ3n) is 7.15. The van der Waals surface area contributed by atoms with Gasteiger partial charge in [-0.3, -0.25) is 14.2 Å². The maximum absolute atomic E-state index is 13.8. The number of ether oxygens (including phenoxy) is 5. The van der Waals surface area contributed by atoms with E-state index < -0.39 is 54.2 Å². The molecule has 0 spiro atoms. The number of carbonyl (C=O) groups excluding carboxylic acids is 3. The van der Waals surface area contributed by atoms with Crippen LogP contribution in [0.1, 0.15) is 38.3 Å². The second-order valence-corrected chi connectivity index (χ2v) is 11.5. The van der Waals surface area contributed by atoms with Gasteiger partial charge in [0.15, 0.2) is 17.0 Å². The summed E-state index contributed by atoms with van der Waals surface area (Å²) in [5, 5.41) is 1.44. The second kappa shape index (κ2) is 13.7. The van der Waals surface area contributed by atoms with E-state index in [2.05, 4.69) is 25.9 Å². The maximum atomic E-state index is 13.8. The molecular weight excluding hydrogens is 661 g/mol. The van der Waals surface area contributed by atoms with Crippen LogP contribution in [0.3, 0.4) is 0 Å². The fourth-order valence-corrected chi connectivity index (χ4v) is 6.29. The van der Waals surface area contributed by atoms with Crippen molar-refractivity contribution in [3.8, 4) is 12.3 Å². The SMILES string of the molecule is C#C[C@@]1(OC(C)=O)[C@@H](COC(Cc2ccccc2)(C(=O)OCC)c2cscn2)O[C@@H](n2cnc3c(Cl)nc(Cl)nc32)[C@@H]1OC(C)=O. The van der Waals surface area contributed by atoms with E-state index in [-0.39, 0.29) is 40.3 Å². The lowest BCUT2D eigenvalue weighted by molar-refractivity contribution is -0.190. The number of nitrogens with zero attached hydrogens (tertiary/aromatic N) is 5. The van der Waals surface area contributed by atoms with Gasteiger partial charge in [0.25, 0.3) is 0 Å². The van der Waals surface area contributed by atoms with Crippen molar-refractivity contribution in [2.24, 2.45) is 0 Å². The lowest BCUT2D eigenvalue weighted by Gasteiger charge is -2.35. The zero-order chi connectivity index (χ0) is 33.1. The highest BCUT2D eigenvalue weighted by Crippen LogP contribution is 2.44. The number of carbonyl (C=O) groups is 3. The monoisotopic (exact) mass is 687 g/mol. The molecule has 0 radical (unpaired) electrons. The molecule has 4 aromatic rings. The number of hydrogen-bond donors (Lipinski definition) is 0. The molecule has 0 saturated carbocycles. The number of rotatable bonds is 11. The van der Waals surface area contributed by atoms with Crippen LogP contribution in [0.2, 0.25) is 10.4 Å². The van der Waals surface area contributed by atoms with Gasteiger partial charge in [-0.05, 0) is 24.1 Å². The van der Waals surface area contributed by atoms with Gasteiger partial charge in [-0.15, -0.1) is 17.8 Å². The third-order valence-corrected chi connectivity index (χ3v) is 8.17. The third kappa shape index (κ3) is 6.29. The standard InChI is InChI=1S/C30H27Cl2N5O8S/c1-5-29(45-18(4)39)21(44-26(23(29)43-17(3)38)37-15-33-22-24(31)35-28(32)36-25(22)37)13-42-30(27(40)41-6-2,20-14-46-16-34-20)12-19-10-8-7-9-11-19/h1,7-11,14-16,21,23,26H,6,12-13H2,2-4H3/t21-,23+,26-,29-,30?/m1/s1. The predicted octanol–water partition coefficient (Wildman–Crippen LogP) is 4.07. The Morgan fingerprint density at radius 2 is 1.91 bits per heavy atom. The summed E-state index contributed by atoms with van der Waals surface area (Å²) in [5.74, 6) is 0.214. The lowest BCUT2D eigenvalue weighted by Crippen LogP contribution is -2.54. The number of benzene rings is 1. The smallest absolute Gasteiger partial charge is 0.345 e. The first-order chi connectivity index (χ1) is 22.0. The molecule has 1 aliphatic rings. The highest BCUT2D eigenvalue weighted by molar-refractivity contribution is 7.07. The first-order valence-corrected chi connectivity index (χ1v) is 15.5. The summed E-state index contributed by atoms with van der Waals surface area (Å²) in [6, 6.07) is 9.14. The van der Waals surface area contributed by atoms with Crippen molar-refractivity contribution in [3.05, 3.63) is 69.2 Å². The summed E-state index contributed by atoms with van der Waals surface area (Å²) in [5.41, 5.74) is -0.961. The zero-order valence-corrected chi connectivity index (χ0v) is 27.0. The highest BCUT2D eigenvalue weighted by atomic mass is 35.5. The van der Waals surface area contributed by atoms with Gasteiger partial charge < -0.3 is 23.7 Å². The number of terminal acetylenes is 1. The molecule has 0 amide bonds. The molecule has 5 rings (SSSR count). The van der Waals surface area contributed by atoms with Crippen molar-refractivity contribution in [3.63, 3.8) is 0 Å². The second-order valence-electron chi connectivity index (χ2n) is 10.1. The Hall–Kier alpha value is -4.13. The Balaban J connectivity index is 1.62. The Morgan fingerprint density at radius 1 is 1.15 bits per heavy atom. The molecule has 46 heavy (non-hydrogen) atoms. The molecule has 1 aromatic carbocycles. The van der Waals surface area contributed by atoms with E-state index >= 15 is 0 Å². The summed E-state index contributed by atoms with van der Waals surface area (Å²) < 4.78 is 31.2. The van der Waals surface area contributed by atoms with Crippen LogP contribution >= 0.6 is 34.5 Å². The summed E-state index contributed by atoms with van der Waals surface area (Å²) in [7, 11) is 0. The first-order valence-electron chi connectivity index (χ1n) is 13.8. The molecule has 0 N–H and O–H groups in total. The van der Waals surface area contributed by atoms with Gasteiger partial charge in [0.1, 0.15) is 11.6 Å². The normalized spacial score (nSPS) is 22.1. The fourth-order valence-electron chi connectivity index (χ4n) is 5.26. The van der Waals surface area contributed by atoms with Crippen LogP contribution in [0.15, 0.2) is 47.5 Å². The van der Waals surface area contributed by atoms with Crippen molar-refractivity contribution >= 4 is 63.6 Å². The van der Waals surface area contributed by atoms with Crippen LogP contribution in [0.25, 0.3) is 11.2 Å². The molecule has 13 nitrogen and oxygen atoms in total. The average Bonchev–Trinajstić information content (AvgIpc) is 3.75. The minimum atomic E-state index is -2.06. The fraction of sp³-hybridized carbons (Fsp3) is 0.367. The van der Waals surface area contributed by atoms with E-state index in [1.807, 2.05) is 30.3 Å². The maximum Gasteiger partial charge on any atom is 0.345 e. The van der Waals surface area contributed by atoms with Crippen LogP contribution in [-0.4, -0.2) is 73.4 Å². The van der Waals surface area contributed by atoms with Gasteiger partial charge in [-0.25, -0.2) is 19.7 Å². The number of thiazole rings is 1. The average molecular weight is 689 g/mol. The van der Waals surface area contributed by atoms with Crippen LogP contribution in [0.5, 0.6) is 0 Å². The molecule has 240 valence electrons. The Labute approximate surface area is 277 Å². The Morgan fingerprint density at radius 3 is 2.54 bits per heavy atom. The van der Waals surface area contributed by atoms with Crippen LogP contribution < -0.4 is 0 Å². The Kier molecular flexibility index (Phi) is 9.90.